The third-order valence-corrected chi connectivity index (χ3v) is 3.26. The van der Waals surface area contributed by atoms with Crippen molar-refractivity contribution in [2.45, 2.75) is 26.3 Å². The van der Waals surface area contributed by atoms with Crippen LogP contribution in [0.2, 0.25) is 0 Å². The lowest BCUT2D eigenvalue weighted by atomic mass is 10.1. The van der Waals surface area contributed by atoms with Crippen molar-refractivity contribution in [3.8, 4) is 0 Å². The Balaban J connectivity index is 2.64. The van der Waals surface area contributed by atoms with Crippen molar-refractivity contribution in [2.24, 2.45) is 5.73 Å². The molecule has 0 aliphatic carbocycles. The first-order valence-electron chi connectivity index (χ1n) is 5.67. The first-order valence-corrected chi connectivity index (χ1v) is 7.06. The summed E-state index contributed by atoms with van der Waals surface area (Å²) >= 11 is 1.70. The molecule has 0 aliphatic rings. The summed E-state index contributed by atoms with van der Waals surface area (Å²) in [5, 5.41) is 2.89. The van der Waals surface area contributed by atoms with E-state index in [0.717, 1.165) is 22.6 Å². The van der Waals surface area contributed by atoms with Crippen LogP contribution in [0.15, 0.2) is 18.2 Å². The second-order valence-corrected chi connectivity index (χ2v) is 5.18. The molecule has 0 saturated carbocycles. The summed E-state index contributed by atoms with van der Waals surface area (Å²) < 4.78 is 0. The van der Waals surface area contributed by atoms with Crippen LogP contribution < -0.4 is 11.1 Å². The number of anilines is 1. The van der Waals surface area contributed by atoms with Gasteiger partial charge in [0.05, 0.1) is 6.04 Å². The average molecular weight is 252 g/mol. The molecule has 0 spiro atoms. The van der Waals surface area contributed by atoms with Crippen molar-refractivity contribution in [3.63, 3.8) is 0 Å². The Hall–Kier alpha value is -1.00. The molecule has 3 nitrogen and oxygen atoms in total. The lowest BCUT2D eigenvalue weighted by Gasteiger charge is -2.13. The van der Waals surface area contributed by atoms with Crippen LogP contribution in [-0.4, -0.2) is 24.0 Å². The Kier molecular flexibility index (Phi) is 5.51. The van der Waals surface area contributed by atoms with E-state index in [9.17, 15) is 4.79 Å². The molecule has 1 aromatic rings. The topological polar surface area (TPSA) is 55.1 Å². The van der Waals surface area contributed by atoms with Gasteiger partial charge in [0.1, 0.15) is 0 Å². The van der Waals surface area contributed by atoms with Gasteiger partial charge in [-0.2, -0.15) is 11.8 Å². The van der Waals surface area contributed by atoms with Gasteiger partial charge in [0, 0.05) is 5.69 Å². The Labute approximate surface area is 107 Å². The van der Waals surface area contributed by atoms with Gasteiger partial charge in [-0.1, -0.05) is 12.1 Å². The number of carbonyl (C=O) groups excluding carboxylic acids is 1. The number of aryl methyl sites for hydroxylation is 2. The van der Waals surface area contributed by atoms with Crippen molar-refractivity contribution in [2.75, 3.05) is 17.3 Å². The molecular formula is C13H20N2OS. The molecular weight excluding hydrogens is 232 g/mol. The van der Waals surface area contributed by atoms with Gasteiger partial charge in [-0.25, -0.2) is 0 Å². The number of carbonyl (C=O) groups is 1. The predicted octanol–water partition coefficient (Wildman–Crippen LogP) is 2.32. The molecule has 0 saturated heterocycles. The number of nitrogens with one attached hydrogen (secondary N) is 1. The molecule has 0 aromatic heterocycles. The first-order chi connectivity index (χ1) is 8.04. The summed E-state index contributed by atoms with van der Waals surface area (Å²) in [7, 11) is 0. The van der Waals surface area contributed by atoms with E-state index in [1.165, 1.54) is 0 Å². The SMILES string of the molecule is CSCCC(N)C(=O)Nc1cc(C)ccc1C. The summed E-state index contributed by atoms with van der Waals surface area (Å²) in [6, 6.07) is 5.56. The molecule has 0 heterocycles. The van der Waals surface area contributed by atoms with Crippen LogP contribution in [-0.2, 0) is 4.79 Å². The van der Waals surface area contributed by atoms with Gasteiger partial charge >= 0.3 is 0 Å². The zero-order valence-electron chi connectivity index (χ0n) is 10.6. The van der Waals surface area contributed by atoms with Gasteiger partial charge < -0.3 is 11.1 Å². The van der Waals surface area contributed by atoms with Crippen molar-refractivity contribution in [1.29, 1.82) is 0 Å². The average Bonchev–Trinajstić information content (AvgIpc) is 2.30. The van der Waals surface area contributed by atoms with E-state index in [4.69, 9.17) is 5.73 Å². The molecule has 1 unspecified atom stereocenters. The van der Waals surface area contributed by atoms with Crippen molar-refractivity contribution >= 4 is 23.4 Å². The van der Waals surface area contributed by atoms with Crippen molar-refractivity contribution in [3.05, 3.63) is 29.3 Å². The standard InChI is InChI=1S/C13H20N2OS/c1-9-4-5-10(2)12(8-9)15-13(16)11(14)6-7-17-3/h4-5,8,11H,6-7,14H2,1-3H3,(H,15,16). The van der Waals surface area contributed by atoms with E-state index in [2.05, 4.69) is 5.32 Å². The third-order valence-electron chi connectivity index (χ3n) is 2.62. The minimum absolute atomic E-state index is 0.104. The van der Waals surface area contributed by atoms with Gasteiger partial charge in [0.25, 0.3) is 0 Å². The van der Waals surface area contributed by atoms with E-state index in [-0.39, 0.29) is 5.91 Å². The Morgan fingerprint density at radius 2 is 2.18 bits per heavy atom. The molecule has 1 rings (SSSR count). The zero-order chi connectivity index (χ0) is 12.8. The fourth-order valence-electron chi connectivity index (χ4n) is 1.47. The second kappa shape index (κ2) is 6.67. The summed E-state index contributed by atoms with van der Waals surface area (Å²) in [5.41, 5.74) is 8.85. The number of benzene rings is 1. The molecule has 0 fully saturated rings. The highest BCUT2D eigenvalue weighted by molar-refractivity contribution is 7.98. The van der Waals surface area contributed by atoms with Crippen molar-refractivity contribution in [1.82, 2.24) is 0 Å². The Morgan fingerprint density at radius 3 is 2.82 bits per heavy atom. The van der Waals surface area contributed by atoms with Gasteiger partial charge in [0.2, 0.25) is 5.91 Å². The minimum atomic E-state index is -0.428. The van der Waals surface area contributed by atoms with Crippen LogP contribution >= 0.6 is 11.8 Å². The molecule has 3 N–H and O–H groups in total. The molecule has 1 aromatic carbocycles. The fraction of sp³-hybridized carbons (Fsp3) is 0.462. The summed E-state index contributed by atoms with van der Waals surface area (Å²) in [4.78, 5) is 11.8. The zero-order valence-corrected chi connectivity index (χ0v) is 11.4. The summed E-state index contributed by atoms with van der Waals surface area (Å²) in [6.45, 7) is 3.98. The number of rotatable bonds is 5. The van der Waals surface area contributed by atoms with E-state index in [0.29, 0.717) is 6.42 Å². The lowest BCUT2D eigenvalue weighted by Crippen LogP contribution is -2.36. The second-order valence-electron chi connectivity index (χ2n) is 4.20. The molecule has 1 amide bonds. The van der Waals surface area contributed by atoms with E-state index >= 15 is 0 Å². The summed E-state index contributed by atoms with van der Waals surface area (Å²) in [5.74, 6) is 0.800. The fourth-order valence-corrected chi connectivity index (χ4v) is 1.96. The lowest BCUT2D eigenvalue weighted by molar-refractivity contribution is -0.117. The van der Waals surface area contributed by atoms with E-state index in [1.54, 1.807) is 11.8 Å². The van der Waals surface area contributed by atoms with E-state index in [1.807, 2.05) is 38.3 Å². The Morgan fingerprint density at radius 1 is 1.47 bits per heavy atom. The van der Waals surface area contributed by atoms with E-state index < -0.39 is 6.04 Å². The number of hydrogen-bond donors (Lipinski definition) is 2. The highest BCUT2D eigenvalue weighted by Gasteiger charge is 2.13. The normalized spacial score (nSPS) is 12.2. The van der Waals surface area contributed by atoms with Crippen LogP contribution in [0.25, 0.3) is 0 Å². The predicted molar refractivity (Wildman–Crippen MR) is 75.5 cm³/mol. The molecule has 0 bridgehead atoms. The molecule has 4 heteroatoms. The monoisotopic (exact) mass is 252 g/mol. The van der Waals surface area contributed by atoms with Gasteiger partial charge in [0.15, 0.2) is 0 Å². The molecule has 0 radical (unpaired) electrons. The molecule has 0 aliphatic heterocycles. The van der Waals surface area contributed by atoms with Crippen LogP contribution in [0.3, 0.4) is 0 Å². The van der Waals surface area contributed by atoms with Gasteiger partial charge in [-0.3, -0.25) is 4.79 Å². The summed E-state index contributed by atoms with van der Waals surface area (Å²) in [6.07, 6.45) is 2.72. The number of nitrogens with two attached hydrogens (primary N) is 1. The number of hydrogen-bond acceptors (Lipinski definition) is 3. The smallest absolute Gasteiger partial charge is 0.241 e. The maximum Gasteiger partial charge on any atom is 0.241 e. The quantitative estimate of drug-likeness (QED) is 0.845. The first kappa shape index (κ1) is 14.1. The number of amides is 1. The third kappa shape index (κ3) is 4.40. The highest BCUT2D eigenvalue weighted by Crippen LogP contribution is 2.16. The molecule has 1 atom stereocenters. The largest absolute Gasteiger partial charge is 0.324 e. The van der Waals surface area contributed by atoms with Gasteiger partial charge in [-0.15, -0.1) is 0 Å². The number of thioether (sulfide) groups is 1. The maximum absolute atomic E-state index is 11.8. The maximum atomic E-state index is 11.8. The van der Waals surface area contributed by atoms with Crippen LogP contribution in [0.1, 0.15) is 17.5 Å². The van der Waals surface area contributed by atoms with Gasteiger partial charge in [-0.05, 0) is 49.5 Å². The van der Waals surface area contributed by atoms with Crippen LogP contribution in [0.5, 0.6) is 0 Å². The van der Waals surface area contributed by atoms with Crippen molar-refractivity contribution < 1.29 is 4.79 Å². The molecule has 17 heavy (non-hydrogen) atoms. The van der Waals surface area contributed by atoms with Crippen LogP contribution in [0.4, 0.5) is 5.69 Å². The molecule has 94 valence electrons. The van der Waals surface area contributed by atoms with Crippen LogP contribution in [0, 0.1) is 13.8 Å². The minimum Gasteiger partial charge on any atom is -0.324 e. The highest BCUT2D eigenvalue weighted by atomic mass is 32.2. The Bertz CT molecular complexity index is 393.